The van der Waals surface area contributed by atoms with Gasteiger partial charge in [0.25, 0.3) is 11.1 Å². The first-order chi connectivity index (χ1) is 9.38. The highest BCUT2D eigenvalue weighted by Crippen LogP contribution is 2.23. The number of aromatic nitrogens is 2. The van der Waals surface area contributed by atoms with E-state index < -0.39 is 23.0 Å². The van der Waals surface area contributed by atoms with E-state index in [1.165, 1.54) is 4.90 Å². The van der Waals surface area contributed by atoms with E-state index in [0.717, 1.165) is 16.8 Å². The third kappa shape index (κ3) is 2.79. The zero-order valence-electron chi connectivity index (χ0n) is 10.9. The number of aromatic amines is 1. The van der Waals surface area contributed by atoms with Crippen molar-refractivity contribution in [2.45, 2.75) is 13.5 Å². The van der Waals surface area contributed by atoms with Crippen LogP contribution in [0.2, 0.25) is 0 Å². The Morgan fingerprint density at radius 3 is 2.65 bits per heavy atom. The third-order valence-electron chi connectivity index (χ3n) is 3.46. The number of carboxylic acids is 1. The fraction of sp³-hybridized carbons (Fsp3) is 0.500. The Balaban J connectivity index is 2.10. The molecule has 1 aliphatic heterocycles. The maximum absolute atomic E-state index is 12.0. The van der Waals surface area contributed by atoms with Crippen molar-refractivity contribution in [3.8, 4) is 0 Å². The first-order valence-electron chi connectivity index (χ1n) is 6.19. The van der Waals surface area contributed by atoms with E-state index in [0.29, 0.717) is 6.54 Å². The summed E-state index contributed by atoms with van der Waals surface area (Å²) in [6.45, 7) is 1.93. The van der Waals surface area contributed by atoms with Gasteiger partial charge in [-0.25, -0.2) is 4.68 Å². The summed E-state index contributed by atoms with van der Waals surface area (Å²) in [4.78, 5) is 47.1. The molecule has 1 saturated heterocycles. The predicted molar refractivity (Wildman–Crippen MR) is 68.2 cm³/mol. The molecule has 0 bridgehead atoms. The van der Waals surface area contributed by atoms with Crippen LogP contribution < -0.4 is 11.1 Å². The predicted octanol–water partition coefficient (Wildman–Crippen LogP) is -1.28. The van der Waals surface area contributed by atoms with Crippen molar-refractivity contribution in [3.63, 3.8) is 0 Å². The second-order valence-corrected chi connectivity index (χ2v) is 4.95. The van der Waals surface area contributed by atoms with Gasteiger partial charge < -0.3 is 10.0 Å². The molecule has 1 fully saturated rings. The van der Waals surface area contributed by atoms with Gasteiger partial charge in [-0.3, -0.25) is 24.3 Å². The summed E-state index contributed by atoms with van der Waals surface area (Å²) in [6.07, 6.45) is 0. The molecule has 0 saturated carbocycles. The number of hydrogen-bond donors (Lipinski definition) is 2. The van der Waals surface area contributed by atoms with Crippen LogP contribution in [-0.2, 0) is 16.1 Å². The highest BCUT2D eigenvalue weighted by atomic mass is 16.4. The third-order valence-corrected chi connectivity index (χ3v) is 3.46. The summed E-state index contributed by atoms with van der Waals surface area (Å²) in [5.74, 6) is -2.05. The van der Waals surface area contributed by atoms with Gasteiger partial charge in [0, 0.05) is 25.2 Å². The first-order valence-corrected chi connectivity index (χ1v) is 6.19. The molecule has 2 heterocycles. The highest BCUT2D eigenvalue weighted by molar-refractivity contribution is 5.78. The van der Waals surface area contributed by atoms with Gasteiger partial charge in [0.2, 0.25) is 5.91 Å². The Hall–Kier alpha value is -2.38. The second-order valence-electron chi connectivity index (χ2n) is 4.95. The number of aliphatic carboxylic acids is 1. The number of rotatable bonds is 3. The number of likely N-dealkylation sites (tertiary alicyclic amines) is 1. The van der Waals surface area contributed by atoms with Crippen LogP contribution in [-0.4, -0.2) is 44.8 Å². The number of carbonyl (C=O) groups excluding carboxylic acids is 1. The van der Waals surface area contributed by atoms with E-state index in [-0.39, 0.29) is 24.9 Å². The number of nitrogens with one attached hydrogen (secondary N) is 1. The number of hydrogen-bond acceptors (Lipinski definition) is 4. The number of carbonyl (C=O) groups is 2. The minimum atomic E-state index is -0.932. The molecule has 1 amide bonds. The molecule has 8 heteroatoms. The molecule has 0 aromatic carbocycles. The zero-order valence-corrected chi connectivity index (χ0v) is 10.9. The minimum Gasteiger partial charge on any atom is -0.481 e. The quantitative estimate of drug-likeness (QED) is 0.716. The average molecular weight is 281 g/mol. The lowest BCUT2D eigenvalue weighted by Gasteiger charge is -2.16. The van der Waals surface area contributed by atoms with Crippen LogP contribution in [0, 0.1) is 11.8 Å². The van der Waals surface area contributed by atoms with E-state index >= 15 is 0 Å². The Morgan fingerprint density at radius 2 is 2.05 bits per heavy atom. The second kappa shape index (κ2) is 5.32. The van der Waals surface area contributed by atoms with E-state index in [4.69, 9.17) is 5.11 Å². The summed E-state index contributed by atoms with van der Waals surface area (Å²) in [5, 5.41) is 11.3. The molecule has 20 heavy (non-hydrogen) atoms. The summed E-state index contributed by atoms with van der Waals surface area (Å²) < 4.78 is 0.920. The Labute approximate surface area is 113 Å². The Bertz CT molecular complexity index is 647. The van der Waals surface area contributed by atoms with Crippen LogP contribution in [0.5, 0.6) is 0 Å². The van der Waals surface area contributed by atoms with Crippen molar-refractivity contribution in [1.29, 1.82) is 0 Å². The van der Waals surface area contributed by atoms with Crippen molar-refractivity contribution in [1.82, 2.24) is 14.7 Å². The van der Waals surface area contributed by atoms with Gasteiger partial charge >= 0.3 is 5.97 Å². The van der Waals surface area contributed by atoms with Gasteiger partial charge in [-0.1, -0.05) is 6.92 Å². The van der Waals surface area contributed by atoms with Crippen LogP contribution >= 0.6 is 0 Å². The van der Waals surface area contributed by atoms with Crippen LogP contribution in [0.1, 0.15) is 6.92 Å². The van der Waals surface area contributed by atoms with Gasteiger partial charge in [0.05, 0.1) is 5.92 Å². The van der Waals surface area contributed by atoms with Gasteiger partial charge in [-0.2, -0.15) is 0 Å². The van der Waals surface area contributed by atoms with Crippen molar-refractivity contribution in [2.75, 3.05) is 13.1 Å². The molecule has 0 unspecified atom stereocenters. The molecule has 1 aliphatic rings. The highest BCUT2D eigenvalue weighted by Gasteiger charge is 2.36. The van der Waals surface area contributed by atoms with E-state index in [2.05, 4.69) is 5.10 Å². The van der Waals surface area contributed by atoms with Crippen molar-refractivity contribution in [3.05, 3.63) is 32.8 Å². The molecule has 0 spiro atoms. The maximum Gasteiger partial charge on any atom is 0.308 e. The number of carboxylic acid groups (broad SMARTS) is 1. The van der Waals surface area contributed by atoms with E-state index in [9.17, 15) is 19.2 Å². The summed E-state index contributed by atoms with van der Waals surface area (Å²) in [6, 6.07) is 2.17. The maximum atomic E-state index is 12.0. The van der Waals surface area contributed by atoms with Gasteiger partial charge in [-0.15, -0.1) is 0 Å². The molecule has 2 atom stereocenters. The number of amides is 1. The SMILES string of the molecule is C[C@@H]1CN(C(=O)Cn2[nH]c(=O)ccc2=O)C[C@H]1C(=O)O. The van der Waals surface area contributed by atoms with Gasteiger partial charge in [0.15, 0.2) is 0 Å². The molecule has 0 aliphatic carbocycles. The minimum absolute atomic E-state index is 0.126. The average Bonchev–Trinajstić information content (AvgIpc) is 2.76. The van der Waals surface area contributed by atoms with Gasteiger partial charge in [-0.05, 0) is 5.92 Å². The molecule has 8 nitrogen and oxygen atoms in total. The smallest absolute Gasteiger partial charge is 0.308 e. The number of H-pyrrole nitrogens is 1. The fourth-order valence-corrected chi connectivity index (χ4v) is 2.31. The lowest BCUT2D eigenvalue weighted by Crippen LogP contribution is -2.38. The first kappa shape index (κ1) is 14.0. The summed E-state index contributed by atoms with van der Waals surface area (Å²) in [5.41, 5.74) is -0.962. The fourth-order valence-electron chi connectivity index (χ4n) is 2.31. The van der Waals surface area contributed by atoms with Gasteiger partial charge in [0.1, 0.15) is 6.54 Å². The van der Waals surface area contributed by atoms with Crippen molar-refractivity contribution in [2.24, 2.45) is 11.8 Å². The van der Waals surface area contributed by atoms with Crippen molar-refractivity contribution >= 4 is 11.9 Å². The molecule has 1 aromatic rings. The monoisotopic (exact) mass is 281 g/mol. The molecular formula is C12H15N3O5. The topological polar surface area (TPSA) is 112 Å². The Kier molecular flexibility index (Phi) is 3.73. The molecule has 2 N–H and O–H groups in total. The number of nitrogens with zero attached hydrogens (tertiary/aromatic N) is 2. The van der Waals surface area contributed by atoms with Crippen molar-refractivity contribution < 1.29 is 14.7 Å². The van der Waals surface area contributed by atoms with E-state index in [1.54, 1.807) is 6.92 Å². The molecule has 2 rings (SSSR count). The summed E-state index contributed by atoms with van der Waals surface area (Å²) >= 11 is 0. The largest absolute Gasteiger partial charge is 0.481 e. The summed E-state index contributed by atoms with van der Waals surface area (Å²) in [7, 11) is 0. The normalized spacial score (nSPS) is 21.9. The lowest BCUT2D eigenvalue weighted by molar-refractivity contribution is -0.142. The molecule has 108 valence electrons. The Morgan fingerprint density at radius 1 is 1.35 bits per heavy atom. The lowest BCUT2D eigenvalue weighted by atomic mass is 9.99. The van der Waals surface area contributed by atoms with Crippen LogP contribution in [0.3, 0.4) is 0 Å². The molecule has 0 radical (unpaired) electrons. The van der Waals surface area contributed by atoms with E-state index in [1.807, 2.05) is 0 Å². The van der Waals surface area contributed by atoms with Crippen LogP contribution in [0.4, 0.5) is 0 Å². The standard InChI is InChI=1S/C12H15N3O5/c1-7-4-14(5-8(7)12(19)20)11(18)6-15-10(17)3-2-9(16)13-15/h2-3,7-8H,4-6H2,1H3,(H,13,16)(H,19,20)/t7-,8-/m1/s1. The molecular weight excluding hydrogens is 266 g/mol. The van der Waals surface area contributed by atoms with Crippen LogP contribution in [0.15, 0.2) is 21.7 Å². The van der Waals surface area contributed by atoms with Crippen LogP contribution in [0.25, 0.3) is 0 Å². The molecule has 1 aromatic heterocycles. The zero-order chi connectivity index (χ0) is 14.9.